The van der Waals surface area contributed by atoms with E-state index in [0.29, 0.717) is 0 Å². The average Bonchev–Trinajstić information content (AvgIpc) is 2.72. The molecule has 0 saturated heterocycles. The standard InChI is InChI=1S/C25H20O/c26-19-18-25(23-14-8-3-9-15-23)24(20-22-12-6-2-7-13-22)17-16-21-10-4-1-5-11-21/h1-15,18,20,26H,19H2/b24-20+,25-18+. The summed E-state index contributed by atoms with van der Waals surface area (Å²) in [4.78, 5) is 0. The molecule has 0 spiro atoms. The minimum Gasteiger partial charge on any atom is -0.392 e. The Balaban J connectivity index is 2.09. The van der Waals surface area contributed by atoms with Gasteiger partial charge in [-0.15, -0.1) is 0 Å². The van der Waals surface area contributed by atoms with E-state index < -0.39 is 0 Å². The van der Waals surface area contributed by atoms with Crippen LogP contribution in [0.4, 0.5) is 0 Å². The van der Waals surface area contributed by atoms with Crippen molar-refractivity contribution in [3.05, 3.63) is 119 Å². The molecule has 0 aliphatic carbocycles. The van der Waals surface area contributed by atoms with E-state index in [2.05, 4.69) is 17.9 Å². The highest BCUT2D eigenvalue weighted by molar-refractivity contribution is 5.89. The van der Waals surface area contributed by atoms with Gasteiger partial charge in [0.15, 0.2) is 0 Å². The van der Waals surface area contributed by atoms with Crippen LogP contribution in [0.2, 0.25) is 0 Å². The number of rotatable bonds is 4. The lowest BCUT2D eigenvalue weighted by molar-refractivity contribution is 0.343. The quantitative estimate of drug-likeness (QED) is 0.513. The predicted octanol–water partition coefficient (Wildman–Crippen LogP) is 5.20. The Morgan fingerprint density at radius 1 is 0.769 bits per heavy atom. The summed E-state index contributed by atoms with van der Waals surface area (Å²) in [6, 6.07) is 30.0. The molecule has 0 radical (unpaired) electrons. The Kier molecular flexibility index (Phi) is 6.20. The number of aliphatic hydroxyl groups excluding tert-OH is 1. The topological polar surface area (TPSA) is 20.2 Å². The van der Waals surface area contributed by atoms with E-state index in [1.54, 1.807) is 0 Å². The fourth-order valence-corrected chi connectivity index (χ4v) is 2.65. The number of hydrogen-bond acceptors (Lipinski definition) is 1. The van der Waals surface area contributed by atoms with Gasteiger partial charge in [0.05, 0.1) is 6.61 Å². The lowest BCUT2D eigenvalue weighted by atomic mass is 9.95. The van der Waals surface area contributed by atoms with Crippen molar-refractivity contribution in [1.29, 1.82) is 0 Å². The van der Waals surface area contributed by atoms with E-state index in [9.17, 15) is 5.11 Å². The van der Waals surface area contributed by atoms with Crippen molar-refractivity contribution in [3.8, 4) is 11.8 Å². The summed E-state index contributed by atoms with van der Waals surface area (Å²) in [6.45, 7) is -0.0383. The molecule has 0 aromatic heterocycles. The van der Waals surface area contributed by atoms with Gasteiger partial charge in [-0.3, -0.25) is 0 Å². The van der Waals surface area contributed by atoms with Crippen LogP contribution < -0.4 is 0 Å². The Labute approximate surface area is 155 Å². The highest BCUT2D eigenvalue weighted by Gasteiger charge is 2.06. The van der Waals surface area contributed by atoms with Crippen molar-refractivity contribution >= 4 is 11.6 Å². The number of hydrogen-bond donors (Lipinski definition) is 1. The van der Waals surface area contributed by atoms with Crippen LogP contribution in [-0.2, 0) is 0 Å². The second kappa shape index (κ2) is 9.22. The fraction of sp³-hybridized carbons (Fsp3) is 0.0400. The first kappa shape index (κ1) is 17.5. The molecule has 26 heavy (non-hydrogen) atoms. The highest BCUT2D eigenvalue weighted by Crippen LogP contribution is 2.24. The van der Waals surface area contributed by atoms with Crippen LogP contribution in [0.3, 0.4) is 0 Å². The molecule has 3 aromatic rings. The summed E-state index contributed by atoms with van der Waals surface area (Å²) >= 11 is 0. The Morgan fingerprint density at radius 2 is 1.35 bits per heavy atom. The molecule has 0 saturated carbocycles. The third-order valence-corrected chi connectivity index (χ3v) is 3.90. The van der Waals surface area contributed by atoms with E-state index in [1.165, 1.54) is 0 Å². The summed E-state index contributed by atoms with van der Waals surface area (Å²) in [7, 11) is 0. The molecule has 0 heterocycles. The van der Waals surface area contributed by atoms with Crippen molar-refractivity contribution in [2.75, 3.05) is 6.61 Å². The summed E-state index contributed by atoms with van der Waals surface area (Å²) < 4.78 is 0. The van der Waals surface area contributed by atoms with Crippen LogP contribution in [0, 0.1) is 11.8 Å². The monoisotopic (exact) mass is 336 g/mol. The molecule has 1 heteroatoms. The first-order valence-electron chi connectivity index (χ1n) is 8.57. The Bertz CT molecular complexity index is 941. The van der Waals surface area contributed by atoms with Crippen LogP contribution in [0.1, 0.15) is 16.7 Å². The molecule has 0 fully saturated rings. The SMILES string of the molecule is OC/C=C(/C(C#Cc1ccccc1)=C/c1ccccc1)c1ccccc1. The second-order valence-electron chi connectivity index (χ2n) is 5.75. The van der Waals surface area contributed by atoms with Crippen LogP contribution in [0.25, 0.3) is 11.6 Å². The molecule has 3 rings (SSSR count). The van der Waals surface area contributed by atoms with Crippen molar-refractivity contribution in [2.24, 2.45) is 0 Å². The van der Waals surface area contributed by atoms with Crippen LogP contribution >= 0.6 is 0 Å². The van der Waals surface area contributed by atoms with Crippen molar-refractivity contribution < 1.29 is 5.11 Å². The molecule has 1 N–H and O–H groups in total. The maximum absolute atomic E-state index is 9.55. The molecule has 0 atom stereocenters. The molecule has 3 aromatic carbocycles. The molecule has 0 unspecified atom stereocenters. The maximum Gasteiger partial charge on any atom is 0.0621 e. The van der Waals surface area contributed by atoms with Crippen molar-refractivity contribution in [3.63, 3.8) is 0 Å². The molecule has 126 valence electrons. The van der Waals surface area contributed by atoms with Gasteiger partial charge < -0.3 is 5.11 Å². The van der Waals surface area contributed by atoms with Gasteiger partial charge >= 0.3 is 0 Å². The number of allylic oxidation sites excluding steroid dienone is 2. The molecular formula is C25H20O. The Morgan fingerprint density at radius 3 is 1.96 bits per heavy atom. The van der Waals surface area contributed by atoms with Crippen molar-refractivity contribution in [1.82, 2.24) is 0 Å². The van der Waals surface area contributed by atoms with E-state index in [-0.39, 0.29) is 6.61 Å². The molecule has 0 bridgehead atoms. The summed E-state index contributed by atoms with van der Waals surface area (Å²) in [5.41, 5.74) is 4.87. The van der Waals surface area contributed by atoms with Gasteiger partial charge in [0, 0.05) is 11.1 Å². The normalized spacial score (nSPS) is 11.6. The van der Waals surface area contributed by atoms with Gasteiger partial charge in [-0.05, 0) is 34.9 Å². The smallest absolute Gasteiger partial charge is 0.0621 e. The van der Waals surface area contributed by atoms with Crippen molar-refractivity contribution in [2.45, 2.75) is 0 Å². The average molecular weight is 336 g/mol. The summed E-state index contributed by atoms with van der Waals surface area (Å²) in [5.74, 6) is 6.53. The highest BCUT2D eigenvalue weighted by atomic mass is 16.2. The third kappa shape index (κ3) is 4.83. The third-order valence-electron chi connectivity index (χ3n) is 3.90. The van der Waals surface area contributed by atoms with Gasteiger partial charge in [0.1, 0.15) is 0 Å². The first-order valence-corrected chi connectivity index (χ1v) is 8.57. The molecular weight excluding hydrogens is 316 g/mol. The maximum atomic E-state index is 9.55. The molecule has 0 aliphatic heterocycles. The van der Waals surface area contributed by atoms with Gasteiger partial charge in [-0.2, -0.15) is 0 Å². The number of benzene rings is 3. The van der Waals surface area contributed by atoms with Crippen LogP contribution in [-0.4, -0.2) is 11.7 Å². The molecule has 1 nitrogen and oxygen atoms in total. The van der Waals surface area contributed by atoms with Gasteiger partial charge in [-0.1, -0.05) is 96.8 Å². The zero-order valence-corrected chi connectivity index (χ0v) is 14.5. The van der Waals surface area contributed by atoms with Crippen LogP contribution in [0.5, 0.6) is 0 Å². The Hall–Kier alpha value is -3.34. The molecule has 0 aliphatic rings. The molecule has 0 amide bonds. The largest absolute Gasteiger partial charge is 0.392 e. The van der Waals surface area contributed by atoms with Crippen LogP contribution in [0.15, 0.2) is 103 Å². The predicted molar refractivity (Wildman–Crippen MR) is 109 cm³/mol. The second-order valence-corrected chi connectivity index (χ2v) is 5.75. The van der Waals surface area contributed by atoms with Gasteiger partial charge in [0.25, 0.3) is 0 Å². The fourth-order valence-electron chi connectivity index (χ4n) is 2.65. The van der Waals surface area contributed by atoms with E-state index in [0.717, 1.165) is 27.8 Å². The lowest BCUT2D eigenvalue weighted by Crippen LogP contribution is -1.91. The van der Waals surface area contributed by atoms with E-state index in [4.69, 9.17) is 0 Å². The zero-order chi connectivity index (χ0) is 18.0. The van der Waals surface area contributed by atoms with E-state index >= 15 is 0 Å². The minimum atomic E-state index is -0.0383. The van der Waals surface area contributed by atoms with Gasteiger partial charge in [-0.25, -0.2) is 0 Å². The summed E-state index contributed by atoms with van der Waals surface area (Å²) in [5, 5.41) is 9.55. The first-order chi connectivity index (χ1) is 12.9. The van der Waals surface area contributed by atoms with E-state index in [1.807, 2.05) is 97.1 Å². The van der Waals surface area contributed by atoms with Gasteiger partial charge in [0.2, 0.25) is 0 Å². The zero-order valence-electron chi connectivity index (χ0n) is 14.5. The summed E-state index contributed by atoms with van der Waals surface area (Å²) in [6.07, 6.45) is 3.87. The minimum absolute atomic E-state index is 0.0383. The lowest BCUT2D eigenvalue weighted by Gasteiger charge is -2.08. The number of aliphatic hydroxyl groups is 1.